The van der Waals surface area contributed by atoms with E-state index in [1.54, 1.807) is 7.11 Å². The third-order valence-electron chi connectivity index (χ3n) is 3.04. The third kappa shape index (κ3) is 4.57. The Kier molecular flexibility index (Phi) is 7.18. The first kappa shape index (κ1) is 17.1. The van der Waals surface area contributed by atoms with Crippen LogP contribution < -0.4 is 0 Å². The minimum Gasteiger partial charge on any atom is -0.480 e. The molecule has 7 heteroatoms. The summed E-state index contributed by atoms with van der Waals surface area (Å²) < 4.78 is 7.94. The van der Waals surface area contributed by atoms with E-state index in [1.807, 2.05) is 16.5 Å². The lowest BCUT2D eigenvalue weighted by molar-refractivity contribution is -0.138. The number of halogens is 1. The SMILES string of the molecule is CCc1nn(CC)c(CN(CCOC)CC(=O)O)c1Br. The van der Waals surface area contributed by atoms with Gasteiger partial charge in [0.25, 0.3) is 0 Å². The summed E-state index contributed by atoms with van der Waals surface area (Å²) >= 11 is 3.58. The van der Waals surface area contributed by atoms with Crippen molar-refractivity contribution in [1.82, 2.24) is 14.7 Å². The Morgan fingerprint density at radius 1 is 1.50 bits per heavy atom. The monoisotopic (exact) mass is 347 g/mol. The van der Waals surface area contributed by atoms with Crippen LogP contribution in [0, 0.1) is 0 Å². The highest BCUT2D eigenvalue weighted by molar-refractivity contribution is 9.10. The normalized spacial score (nSPS) is 11.2. The molecule has 0 saturated carbocycles. The first-order chi connectivity index (χ1) is 9.53. The summed E-state index contributed by atoms with van der Waals surface area (Å²) in [6.07, 6.45) is 0.845. The van der Waals surface area contributed by atoms with Gasteiger partial charge < -0.3 is 9.84 Å². The van der Waals surface area contributed by atoms with Crippen LogP contribution in [0.25, 0.3) is 0 Å². The average molecular weight is 348 g/mol. The Morgan fingerprint density at radius 2 is 2.20 bits per heavy atom. The maximum absolute atomic E-state index is 10.9. The minimum absolute atomic E-state index is 0.00779. The van der Waals surface area contributed by atoms with Crippen molar-refractivity contribution in [2.75, 3.05) is 26.8 Å². The number of hydrogen-bond acceptors (Lipinski definition) is 4. The quantitative estimate of drug-likeness (QED) is 0.737. The molecule has 1 rings (SSSR count). The molecular formula is C13H22BrN3O3. The molecule has 1 heterocycles. The average Bonchev–Trinajstić information content (AvgIpc) is 2.72. The topological polar surface area (TPSA) is 67.6 Å². The van der Waals surface area contributed by atoms with Gasteiger partial charge in [0.2, 0.25) is 0 Å². The predicted octanol–water partition coefficient (Wildman–Crippen LogP) is 1.76. The van der Waals surface area contributed by atoms with E-state index in [1.165, 1.54) is 0 Å². The second kappa shape index (κ2) is 8.39. The van der Waals surface area contributed by atoms with Crippen LogP contribution in [0.2, 0.25) is 0 Å². The lowest BCUT2D eigenvalue weighted by Gasteiger charge is -2.20. The van der Waals surface area contributed by atoms with Crippen LogP contribution in [0.5, 0.6) is 0 Å². The summed E-state index contributed by atoms with van der Waals surface area (Å²) in [5.74, 6) is -0.837. The molecule has 20 heavy (non-hydrogen) atoms. The second-order valence-corrected chi connectivity index (χ2v) is 5.27. The van der Waals surface area contributed by atoms with Crippen molar-refractivity contribution in [1.29, 1.82) is 0 Å². The van der Waals surface area contributed by atoms with Crippen LogP contribution in [-0.4, -0.2) is 52.6 Å². The lowest BCUT2D eigenvalue weighted by atomic mass is 10.3. The summed E-state index contributed by atoms with van der Waals surface area (Å²) in [6, 6.07) is 0. The largest absolute Gasteiger partial charge is 0.480 e. The number of carboxylic acids is 1. The van der Waals surface area contributed by atoms with Gasteiger partial charge in [0.1, 0.15) is 0 Å². The number of nitrogens with zero attached hydrogens (tertiary/aromatic N) is 3. The maximum atomic E-state index is 10.9. The Morgan fingerprint density at radius 3 is 2.70 bits per heavy atom. The summed E-state index contributed by atoms with van der Waals surface area (Å²) in [5.41, 5.74) is 2.02. The second-order valence-electron chi connectivity index (χ2n) is 4.47. The molecule has 1 N–H and O–H groups in total. The number of ether oxygens (including phenoxy) is 1. The number of hydrogen-bond donors (Lipinski definition) is 1. The number of aromatic nitrogens is 2. The van der Waals surface area contributed by atoms with Crippen molar-refractivity contribution in [3.8, 4) is 0 Å². The van der Waals surface area contributed by atoms with Gasteiger partial charge in [-0.05, 0) is 29.3 Å². The molecule has 1 aromatic rings. The van der Waals surface area contributed by atoms with Gasteiger partial charge in [0, 0.05) is 26.7 Å². The fourth-order valence-electron chi connectivity index (χ4n) is 2.01. The summed E-state index contributed by atoms with van der Waals surface area (Å²) in [7, 11) is 1.61. The van der Waals surface area contributed by atoms with Crippen LogP contribution in [0.4, 0.5) is 0 Å². The zero-order valence-electron chi connectivity index (χ0n) is 12.2. The van der Waals surface area contributed by atoms with Crippen molar-refractivity contribution in [3.05, 3.63) is 15.9 Å². The van der Waals surface area contributed by atoms with E-state index < -0.39 is 5.97 Å². The van der Waals surface area contributed by atoms with Crippen LogP contribution in [-0.2, 0) is 29.0 Å². The highest BCUT2D eigenvalue weighted by Gasteiger charge is 2.18. The molecule has 6 nitrogen and oxygen atoms in total. The molecule has 0 aliphatic carbocycles. The standard InChI is InChI=1S/C13H22BrN3O3/c1-4-10-13(14)11(17(5-2)15-10)8-16(6-7-20-3)9-12(18)19/h4-9H2,1-3H3,(H,18,19). The van der Waals surface area contributed by atoms with Gasteiger partial charge in [-0.25, -0.2) is 0 Å². The molecule has 0 unspecified atom stereocenters. The Balaban J connectivity index is 2.90. The van der Waals surface area contributed by atoms with Gasteiger partial charge in [0.15, 0.2) is 0 Å². The van der Waals surface area contributed by atoms with E-state index in [2.05, 4.69) is 28.0 Å². The molecule has 0 atom stereocenters. The third-order valence-corrected chi connectivity index (χ3v) is 3.95. The number of carbonyl (C=O) groups is 1. The van der Waals surface area contributed by atoms with Gasteiger partial charge in [0.05, 0.1) is 29.0 Å². The van der Waals surface area contributed by atoms with Gasteiger partial charge in [-0.3, -0.25) is 14.4 Å². The van der Waals surface area contributed by atoms with Crippen LogP contribution in [0.3, 0.4) is 0 Å². The van der Waals surface area contributed by atoms with E-state index in [4.69, 9.17) is 9.84 Å². The van der Waals surface area contributed by atoms with Crippen molar-refractivity contribution in [2.45, 2.75) is 33.4 Å². The van der Waals surface area contributed by atoms with Crippen molar-refractivity contribution < 1.29 is 14.6 Å². The molecule has 0 radical (unpaired) electrons. The van der Waals surface area contributed by atoms with Crippen molar-refractivity contribution >= 4 is 21.9 Å². The molecule has 0 aliphatic heterocycles. The van der Waals surface area contributed by atoms with Crippen LogP contribution >= 0.6 is 15.9 Å². The molecule has 0 bridgehead atoms. The van der Waals surface area contributed by atoms with E-state index in [-0.39, 0.29) is 6.54 Å². The molecule has 0 spiro atoms. The Labute approximate surface area is 127 Å². The van der Waals surface area contributed by atoms with Crippen molar-refractivity contribution in [2.24, 2.45) is 0 Å². The summed E-state index contributed by atoms with van der Waals surface area (Å²) in [6.45, 7) is 6.45. The molecule has 0 fully saturated rings. The number of carboxylic acid groups (broad SMARTS) is 1. The number of aryl methyl sites for hydroxylation is 2. The van der Waals surface area contributed by atoms with Gasteiger partial charge >= 0.3 is 5.97 Å². The smallest absolute Gasteiger partial charge is 0.317 e. The first-order valence-electron chi connectivity index (χ1n) is 6.70. The lowest BCUT2D eigenvalue weighted by Crippen LogP contribution is -2.33. The molecule has 0 aromatic carbocycles. The van der Waals surface area contributed by atoms with Crippen LogP contribution in [0.15, 0.2) is 4.47 Å². The van der Waals surface area contributed by atoms with Gasteiger partial charge in [-0.1, -0.05) is 6.92 Å². The molecular weight excluding hydrogens is 326 g/mol. The van der Waals surface area contributed by atoms with Crippen LogP contribution in [0.1, 0.15) is 25.2 Å². The number of methoxy groups -OCH3 is 1. The Bertz CT molecular complexity index is 448. The summed E-state index contributed by atoms with van der Waals surface area (Å²) in [5, 5.41) is 13.5. The predicted molar refractivity (Wildman–Crippen MR) is 79.8 cm³/mol. The zero-order valence-corrected chi connectivity index (χ0v) is 13.8. The summed E-state index contributed by atoms with van der Waals surface area (Å²) in [4.78, 5) is 12.8. The van der Waals surface area contributed by atoms with Gasteiger partial charge in [-0.15, -0.1) is 0 Å². The maximum Gasteiger partial charge on any atom is 0.317 e. The fourth-order valence-corrected chi connectivity index (χ4v) is 2.70. The molecule has 0 amide bonds. The minimum atomic E-state index is -0.837. The van der Waals surface area contributed by atoms with E-state index >= 15 is 0 Å². The molecule has 1 aromatic heterocycles. The Hall–Kier alpha value is -0.920. The molecule has 0 saturated heterocycles. The first-order valence-corrected chi connectivity index (χ1v) is 7.49. The molecule has 114 valence electrons. The zero-order chi connectivity index (χ0) is 15.1. The highest BCUT2D eigenvalue weighted by Crippen LogP contribution is 2.23. The van der Waals surface area contributed by atoms with Gasteiger partial charge in [-0.2, -0.15) is 5.10 Å². The van der Waals surface area contributed by atoms with Crippen molar-refractivity contribution in [3.63, 3.8) is 0 Å². The van der Waals surface area contributed by atoms with E-state index in [0.29, 0.717) is 19.7 Å². The number of aliphatic carboxylic acids is 1. The number of rotatable bonds is 9. The highest BCUT2D eigenvalue weighted by atomic mass is 79.9. The van der Waals surface area contributed by atoms with E-state index in [9.17, 15) is 4.79 Å². The van der Waals surface area contributed by atoms with E-state index in [0.717, 1.165) is 28.8 Å². The molecule has 0 aliphatic rings. The fraction of sp³-hybridized carbons (Fsp3) is 0.692.